The van der Waals surface area contributed by atoms with Crippen LogP contribution in [0.5, 0.6) is 0 Å². The molecular formula is C15H21N3O3. The molecule has 0 aromatic heterocycles. The van der Waals surface area contributed by atoms with E-state index in [9.17, 15) is 14.4 Å². The van der Waals surface area contributed by atoms with Crippen molar-refractivity contribution >= 4 is 17.7 Å². The van der Waals surface area contributed by atoms with Gasteiger partial charge in [-0.1, -0.05) is 12.2 Å². The van der Waals surface area contributed by atoms with Gasteiger partial charge in [-0.05, 0) is 25.3 Å². The number of fused-ring (bicyclic) bond motifs is 5. The van der Waals surface area contributed by atoms with E-state index in [0.29, 0.717) is 19.5 Å². The molecule has 2 bridgehead atoms. The van der Waals surface area contributed by atoms with Gasteiger partial charge in [0, 0.05) is 26.1 Å². The number of allylic oxidation sites excluding steroid dienone is 2. The maximum absolute atomic E-state index is 12.4. The third-order valence-electron chi connectivity index (χ3n) is 4.82. The fraction of sp³-hybridized carbons (Fsp3) is 0.667. The molecule has 114 valence electrons. The van der Waals surface area contributed by atoms with Crippen molar-refractivity contribution in [1.29, 1.82) is 0 Å². The summed E-state index contributed by atoms with van der Waals surface area (Å²) in [4.78, 5) is 37.6. The number of hydrogen-bond acceptors (Lipinski definition) is 4. The number of likely N-dealkylation sites (tertiary alicyclic amines) is 1. The minimum absolute atomic E-state index is 0.0497. The van der Waals surface area contributed by atoms with Crippen molar-refractivity contribution in [3.05, 3.63) is 12.2 Å². The first-order valence-electron chi connectivity index (χ1n) is 7.58. The number of nitrogens with zero attached hydrogens (tertiary/aromatic N) is 1. The Kier molecular flexibility index (Phi) is 3.80. The van der Waals surface area contributed by atoms with Crippen LogP contribution in [0.25, 0.3) is 0 Å². The Bertz CT molecular complexity index is 472. The molecule has 1 saturated carbocycles. The average Bonchev–Trinajstić information content (AvgIpc) is 3.14. The van der Waals surface area contributed by atoms with Crippen LogP contribution in [0.4, 0.5) is 0 Å². The van der Waals surface area contributed by atoms with Crippen LogP contribution in [0.15, 0.2) is 12.2 Å². The average molecular weight is 291 g/mol. The van der Waals surface area contributed by atoms with E-state index in [2.05, 4.69) is 22.8 Å². The van der Waals surface area contributed by atoms with Crippen molar-refractivity contribution in [1.82, 2.24) is 15.5 Å². The molecule has 4 unspecified atom stereocenters. The Morgan fingerprint density at radius 3 is 2.38 bits per heavy atom. The predicted molar refractivity (Wildman–Crippen MR) is 76.0 cm³/mol. The normalized spacial score (nSPS) is 32.9. The van der Waals surface area contributed by atoms with Gasteiger partial charge in [0.15, 0.2) is 0 Å². The highest BCUT2D eigenvalue weighted by Gasteiger charge is 2.58. The van der Waals surface area contributed by atoms with Gasteiger partial charge in [0.25, 0.3) is 0 Å². The third-order valence-corrected chi connectivity index (χ3v) is 4.82. The van der Waals surface area contributed by atoms with Gasteiger partial charge < -0.3 is 10.6 Å². The molecule has 2 fully saturated rings. The van der Waals surface area contributed by atoms with Crippen molar-refractivity contribution in [3.8, 4) is 0 Å². The lowest BCUT2D eigenvalue weighted by atomic mass is 9.85. The van der Waals surface area contributed by atoms with Crippen molar-refractivity contribution in [2.45, 2.75) is 12.8 Å². The Morgan fingerprint density at radius 2 is 1.81 bits per heavy atom. The lowest BCUT2D eigenvalue weighted by Crippen LogP contribution is -2.40. The molecule has 6 nitrogen and oxygen atoms in total. The number of imide groups is 1. The second-order valence-electron chi connectivity index (χ2n) is 6.03. The molecular weight excluding hydrogens is 270 g/mol. The number of hydrogen-bond donors (Lipinski definition) is 2. The Labute approximate surface area is 123 Å². The molecule has 4 atom stereocenters. The van der Waals surface area contributed by atoms with E-state index in [1.165, 1.54) is 4.90 Å². The maximum Gasteiger partial charge on any atom is 0.233 e. The summed E-state index contributed by atoms with van der Waals surface area (Å²) in [5, 5.41) is 5.65. The lowest BCUT2D eigenvalue weighted by Gasteiger charge is -2.17. The van der Waals surface area contributed by atoms with E-state index in [4.69, 9.17) is 0 Å². The van der Waals surface area contributed by atoms with Crippen LogP contribution in [0.3, 0.4) is 0 Å². The summed E-state index contributed by atoms with van der Waals surface area (Å²) in [5.41, 5.74) is 0. The summed E-state index contributed by atoms with van der Waals surface area (Å²) >= 11 is 0. The van der Waals surface area contributed by atoms with E-state index < -0.39 is 0 Å². The summed E-state index contributed by atoms with van der Waals surface area (Å²) in [6.07, 6.45) is 5.51. The molecule has 3 rings (SSSR count). The highest BCUT2D eigenvalue weighted by molar-refractivity contribution is 6.06. The van der Waals surface area contributed by atoms with Crippen LogP contribution >= 0.6 is 0 Å². The zero-order chi connectivity index (χ0) is 15.0. The summed E-state index contributed by atoms with van der Waals surface area (Å²) in [7, 11) is 1.79. The molecule has 3 amide bonds. The van der Waals surface area contributed by atoms with Gasteiger partial charge in [-0.3, -0.25) is 19.3 Å². The van der Waals surface area contributed by atoms with Crippen molar-refractivity contribution in [3.63, 3.8) is 0 Å². The molecule has 3 aliphatic rings. The van der Waals surface area contributed by atoms with E-state index in [-0.39, 0.29) is 47.9 Å². The number of nitrogens with one attached hydrogen (secondary N) is 2. The molecule has 2 aliphatic carbocycles. The van der Waals surface area contributed by atoms with Gasteiger partial charge in [-0.2, -0.15) is 0 Å². The van der Waals surface area contributed by atoms with Crippen molar-refractivity contribution in [2.24, 2.45) is 23.7 Å². The smallest absolute Gasteiger partial charge is 0.233 e. The van der Waals surface area contributed by atoms with Gasteiger partial charge >= 0.3 is 0 Å². The van der Waals surface area contributed by atoms with Gasteiger partial charge in [0.2, 0.25) is 17.7 Å². The summed E-state index contributed by atoms with van der Waals surface area (Å²) in [5.74, 6) is 0.0290. The van der Waals surface area contributed by atoms with Gasteiger partial charge in [0.05, 0.1) is 11.8 Å². The van der Waals surface area contributed by atoms with Crippen molar-refractivity contribution in [2.75, 3.05) is 26.7 Å². The zero-order valence-corrected chi connectivity index (χ0v) is 12.2. The molecule has 0 radical (unpaired) electrons. The van der Waals surface area contributed by atoms with E-state index in [0.717, 1.165) is 6.42 Å². The van der Waals surface area contributed by atoms with Gasteiger partial charge in [-0.25, -0.2) is 0 Å². The van der Waals surface area contributed by atoms with Crippen molar-refractivity contribution < 1.29 is 14.4 Å². The topological polar surface area (TPSA) is 78.5 Å². The fourth-order valence-electron chi connectivity index (χ4n) is 3.82. The fourth-order valence-corrected chi connectivity index (χ4v) is 3.82. The van der Waals surface area contributed by atoms with Gasteiger partial charge in [-0.15, -0.1) is 0 Å². The molecule has 21 heavy (non-hydrogen) atoms. The first-order chi connectivity index (χ1) is 10.1. The highest BCUT2D eigenvalue weighted by atomic mass is 16.2. The van der Waals surface area contributed by atoms with Crippen LogP contribution in [-0.2, 0) is 14.4 Å². The molecule has 1 aliphatic heterocycles. The Morgan fingerprint density at radius 1 is 1.19 bits per heavy atom. The van der Waals surface area contributed by atoms with E-state index >= 15 is 0 Å². The van der Waals surface area contributed by atoms with Crippen LogP contribution in [-0.4, -0.2) is 49.3 Å². The van der Waals surface area contributed by atoms with Crippen LogP contribution < -0.4 is 10.6 Å². The first kappa shape index (κ1) is 14.3. The second-order valence-corrected chi connectivity index (χ2v) is 6.03. The van der Waals surface area contributed by atoms with Gasteiger partial charge in [0.1, 0.15) is 0 Å². The molecule has 0 aromatic carbocycles. The molecule has 1 saturated heterocycles. The lowest BCUT2D eigenvalue weighted by molar-refractivity contribution is -0.141. The number of carbonyl (C=O) groups is 3. The third kappa shape index (κ3) is 2.37. The minimum atomic E-state index is -0.146. The Balaban J connectivity index is 1.52. The molecule has 6 heteroatoms. The number of rotatable bonds is 6. The highest BCUT2D eigenvalue weighted by Crippen LogP contribution is 2.52. The zero-order valence-electron chi connectivity index (χ0n) is 12.2. The van der Waals surface area contributed by atoms with Crippen LogP contribution in [0.2, 0.25) is 0 Å². The second kappa shape index (κ2) is 5.60. The van der Waals surface area contributed by atoms with E-state index in [1.807, 2.05) is 0 Å². The largest absolute Gasteiger partial charge is 0.354 e. The summed E-state index contributed by atoms with van der Waals surface area (Å²) < 4.78 is 0. The minimum Gasteiger partial charge on any atom is -0.354 e. The van der Waals surface area contributed by atoms with Crippen LogP contribution in [0, 0.1) is 23.7 Å². The first-order valence-corrected chi connectivity index (χ1v) is 7.58. The molecule has 2 N–H and O–H groups in total. The molecule has 0 spiro atoms. The monoisotopic (exact) mass is 291 g/mol. The maximum atomic E-state index is 12.4. The molecule has 0 aromatic rings. The standard InChI is InChI=1S/C15H21N3O3/c1-16-5-4-11(19)17-6-7-18-14(20)12-9-2-3-10(8-9)13(12)15(18)21/h2-3,9-10,12-13,16H,4-8H2,1H3,(H,17,19). The SMILES string of the molecule is CNCCC(=O)NCCN1C(=O)C2C3C=CC(C3)C2C1=O. The predicted octanol–water partition coefficient (Wildman–Crippen LogP) is -0.481. The summed E-state index contributed by atoms with van der Waals surface area (Å²) in [6, 6.07) is 0. The molecule has 1 heterocycles. The summed E-state index contributed by atoms with van der Waals surface area (Å²) in [6.45, 7) is 1.24. The van der Waals surface area contributed by atoms with Crippen LogP contribution in [0.1, 0.15) is 12.8 Å². The van der Waals surface area contributed by atoms with E-state index in [1.54, 1.807) is 7.05 Å². The Hall–Kier alpha value is -1.69. The quantitative estimate of drug-likeness (QED) is 0.512. The number of carbonyl (C=O) groups excluding carboxylic acids is 3. The number of amides is 3.